The fraction of sp³-hybridized carbons (Fsp3) is 0.429. The van der Waals surface area contributed by atoms with E-state index in [4.69, 9.17) is 10.4 Å². The molecule has 0 radical (unpaired) electrons. The van der Waals surface area contributed by atoms with Crippen molar-refractivity contribution in [2.24, 2.45) is 0 Å². The zero-order valence-corrected chi connectivity index (χ0v) is 11.8. The van der Waals surface area contributed by atoms with Crippen molar-refractivity contribution in [1.29, 1.82) is 5.26 Å². The third-order valence-electron chi connectivity index (χ3n) is 3.40. The van der Waals surface area contributed by atoms with Gasteiger partial charge in [0.1, 0.15) is 0 Å². The molecule has 2 heterocycles. The second kappa shape index (κ2) is 5.29. The second-order valence-corrected chi connectivity index (χ2v) is 4.79. The van der Waals surface area contributed by atoms with Gasteiger partial charge in [0.05, 0.1) is 31.1 Å². The van der Waals surface area contributed by atoms with Crippen molar-refractivity contribution < 1.29 is 9.90 Å². The molecule has 0 saturated carbocycles. The van der Waals surface area contributed by atoms with Gasteiger partial charge in [-0.25, -0.2) is 9.67 Å². The van der Waals surface area contributed by atoms with E-state index in [0.717, 1.165) is 27.9 Å². The van der Waals surface area contributed by atoms with Gasteiger partial charge in [0.25, 0.3) is 0 Å². The molecule has 2 rings (SSSR count). The van der Waals surface area contributed by atoms with Gasteiger partial charge in [0, 0.05) is 11.1 Å². The number of aromatic nitrogens is 3. The molecule has 0 aromatic carbocycles. The van der Waals surface area contributed by atoms with E-state index in [1.54, 1.807) is 4.68 Å². The van der Waals surface area contributed by atoms with E-state index in [1.165, 1.54) is 0 Å². The van der Waals surface area contributed by atoms with E-state index < -0.39 is 5.97 Å². The lowest BCUT2D eigenvalue weighted by Crippen LogP contribution is -2.07. The Balaban J connectivity index is 2.65. The van der Waals surface area contributed by atoms with Crippen LogP contribution in [0.5, 0.6) is 0 Å². The molecule has 1 N–H and O–H groups in total. The number of aliphatic carboxylic acids is 1. The molecule has 0 aliphatic rings. The maximum Gasteiger partial charge on any atom is 0.307 e. The molecule has 6 nitrogen and oxygen atoms in total. The molecule has 2 aromatic rings. The average Bonchev–Trinajstić information content (AvgIpc) is 2.68. The molecular weight excluding hydrogens is 256 g/mol. The smallest absolute Gasteiger partial charge is 0.307 e. The summed E-state index contributed by atoms with van der Waals surface area (Å²) in [5.74, 6) is -0.869. The normalized spacial score (nSPS) is 10.7. The molecule has 0 saturated heterocycles. The number of fused-ring (bicyclic) bond motifs is 1. The lowest BCUT2D eigenvalue weighted by Gasteiger charge is -2.09. The summed E-state index contributed by atoms with van der Waals surface area (Å²) in [6, 6.07) is 2.09. The summed E-state index contributed by atoms with van der Waals surface area (Å²) >= 11 is 0. The van der Waals surface area contributed by atoms with Crippen LogP contribution >= 0.6 is 0 Å². The topological polar surface area (TPSA) is 91.8 Å². The fourth-order valence-corrected chi connectivity index (χ4v) is 2.49. The highest BCUT2D eigenvalue weighted by Gasteiger charge is 2.17. The molecule has 0 fully saturated rings. The van der Waals surface area contributed by atoms with E-state index in [9.17, 15) is 4.79 Å². The van der Waals surface area contributed by atoms with Gasteiger partial charge >= 0.3 is 5.97 Å². The number of carboxylic acids is 1. The minimum Gasteiger partial charge on any atom is -0.481 e. The standard InChI is InChI=1S/C14H16N4O2/c1-8-11(7-12(19)20)9(2)16-14-13(8)10(3)17-18(14)6-4-5-15/h4,6-7H2,1-3H3,(H,19,20). The Labute approximate surface area is 116 Å². The van der Waals surface area contributed by atoms with Gasteiger partial charge in [-0.2, -0.15) is 10.4 Å². The summed E-state index contributed by atoms with van der Waals surface area (Å²) < 4.78 is 1.72. The number of carboxylic acid groups (broad SMARTS) is 1. The van der Waals surface area contributed by atoms with Crippen LogP contribution in [0.15, 0.2) is 0 Å². The number of nitrogens with zero attached hydrogens (tertiary/aromatic N) is 4. The second-order valence-electron chi connectivity index (χ2n) is 4.79. The Morgan fingerprint density at radius 3 is 2.65 bits per heavy atom. The first kappa shape index (κ1) is 14.0. The van der Waals surface area contributed by atoms with E-state index in [0.29, 0.717) is 18.7 Å². The third-order valence-corrected chi connectivity index (χ3v) is 3.40. The summed E-state index contributed by atoms with van der Waals surface area (Å²) in [7, 11) is 0. The molecule has 0 atom stereocenters. The molecule has 104 valence electrons. The zero-order valence-electron chi connectivity index (χ0n) is 11.8. The fourth-order valence-electron chi connectivity index (χ4n) is 2.49. The number of nitriles is 1. The van der Waals surface area contributed by atoms with Crippen LogP contribution in [0, 0.1) is 32.1 Å². The summed E-state index contributed by atoms with van der Waals surface area (Å²) in [6.07, 6.45) is 0.330. The summed E-state index contributed by atoms with van der Waals surface area (Å²) in [5, 5.41) is 23.0. The molecule has 0 aliphatic heterocycles. The maximum atomic E-state index is 11.0. The van der Waals surface area contributed by atoms with Crippen molar-refractivity contribution in [1.82, 2.24) is 14.8 Å². The maximum absolute atomic E-state index is 11.0. The first-order valence-electron chi connectivity index (χ1n) is 6.37. The molecule has 20 heavy (non-hydrogen) atoms. The van der Waals surface area contributed by atoms with Crippen LogP contribution in [0.1, 0.15) is 28.9 Å². The predicted octanol–water partition coefficient (Wildman–Crippen LogP) is 1.90. The summed E-state index contributed by atoms with van der Waals surface area (Å²) in [6.45, 7) is 6.07. The van der Waals surface area contributed by atoms with E-state index >= 15 is 0 Å². The van der Waals surface area contributed by atoms with Gasteiger partial charge in [0.15, 0.2) is 5.65 Å². The molecule has 0 bridgehead atoms. The Morgan fingerprint density at radius 2 is 2.05 bits per heavy atom. The Kier molecular flexibility index (Phi) is 3.70. The first-order valence-corrected chi connectivity index (χ1v) is 6.37. The van der Waals surface area contributed by atoms with Crippen molar-refractivity contribution in [3.63, 3.8) is 0 Å². The molecule has 0 spiro atoms. The van der Waals surface area contributed by atoms with E-state index in [2.05, 4.69) is 16.2 Å². The van der Waals surface area contributed by atoms with Crippen molar-refractivity contribution >= 4 is 17.0 Å². The van der Waals surface area contributed by atoms with Crippen molar-refractivity contribution in [2.45, 2.75) is 40.2 Å². The van der Waals surface area contributed by atoms with Crippen LogP contribution in [0.4, 0.5) is 0 Å². The summed E-state index contributed by atoms with van der Waals surface area (Å²) in [4.78, 5) is 15.4. The molecule has 2 aromatic heterocycles. The van der Waals surface area contributed by atoms with Crippen molar-refractivity contribution in [3.05, 3.63) is 22.5 Å². The van der Waals surface area contributed by atoms with Crippen LogP contribution < -0.4 is 0 Å². The van der Waals surface area contributed by atoms with Crippen LogP contribution in [0.2, 0.25) is 0 Å². The minimum atomic E-state index is -0.869. The van der Waals surface area contributed by atoms with Crippen molar-refractivity contribution in [3.8, 4) is 6.07 Å². The minimum absolute atomic E-state index is 0.0383. The highest BCUT2D eigenvalue weighted by molar-refractivity contribution is 5.85. The molecule has 6 heteroatoms. The Hall–Kier alpha value is -2.42. The van der Waals surface area contributed by atoms with Gasteiger partial charge in [0.2, 0.25) is 0 Å². The van der Waals surface area contributed by atoms with E-state index in [1.807, 2.05) is 20.8 Å². The SMILES string of the molecule is Cc1nc2c(c(C)nn2CCC#N)c(C)c1CC(=O)O. The predicted molar refractivity (Wildman–Crippen MR) is 73.3 cm³/mol. The van der Waals surface area contributed by atoms with Crippen LogP contribution in [0.25, 0.3) is 11.0 Å². The highest BCUT2D eigenvalue weighted by atomic mass is 16.4. The monoisotopic (exact) mass is 272 g/mol. The highest BCUT2D eigenvalue weighted by Crippen LogP contribution is 2.26. The van der Waals surface area contributed by atoms with Gasteiger partial charge in [-0.3, -0.25) is 4.79 Å². The number of aryl methyl sites for hydroxylation is 4. The van der Waals surface area contributed by atoms with Crippen molar-refractivity contribution in [2.75, 3.05) is 0 Å². The van der Waals surface area contributed by atoms with Crippen LogP contribution in [-0.2, 0) is 17.8 Å². The molecule has 0 aliphatic carbocycles. The molecule has 0 amide bonds. The van der Waals surface area contributed by atoms with Gasteiger partial charge in [-0.05, 0) is 31.9 Å². The summed E-state index contributed by atoms with van der Waals surface area (Å²) in [5.41, 5.74) is 3.90. The number of pyridine rings is 1. The largest absolute Gasteiger partial charge is 0.481 e. The lowest BCUT2D eigenvalue weighted by molar-refractivity contribution is -0.136. The number of rotatable bonds is 4. The third kappa shape index (κ3) is 2.35. The number of hydrogen-bond donors (Lipinski definition) is 1. The molecular formula is C14H16N4O2. The van der Waals surface area contributed by atoms with Gasteiger partial charge in [-0.15, -0.1) is 0 Å². The van der Waals surface area contributed by atoms with Crippen LogP contribution in [-0.4, -0.2) is 25.8 Å². The van der Waals surface area contributed by atoms with Crippen LogP contribution in [0.3, 0.4) is 0 Å². The lowest BCUT2D eigenvalue weighted by atomic mass is 10.0. The quantitative estimate of drug-likeness (QED) is 0.917. The Bertz CT molecular complexity index is 725. The van der Waals surface area contributed by atoms with E-state index in [-0.39, 0.29) is 6.42 Å². The van der Waals surface area contributed by atoms with Gasteiger partial charge in [-0.1, -0.05) is 0 Å². The Morgan fingerprint density at radius 1 is 1.35 bits per heavy atom. The number of carbonyl (C=O) groups is 1. The number of hydrogen-bond acceptors (Lipinski definition) is 4. The van der Waals surface area contributed by atoms with Gasteiger partial charge < -0.3 is 5.11 Å². The average molecular weight is 272 g/mol. The molecule has 0 unspecified atom stereocenters. The first-order chi connectivity index (χ1) is 9.45. The zero-order chi connectivity index (χ0) is 14.9.